The largest absolute Gasteiger partial charge is 0.263 e. The first kappa shape index (κ1) is 14.6. The summed E-state index contributed by atoms with van der Waals surface area (Å²) in [4.78, 5) is 3.95. The lowest BCUT2D eigenvalue weighted by molar-refractivity contribution is 0.577. The number of benzene rings is 1. The highest BCUT2D eigenvalue weighted by Crippen LogP contribution is 2.06. The number of H-pyrrole nitrogens is 1. The maximum atomic E-state index is 12.7. The maximum absolute atomic E-state index is 12.7. The van der Waals surface area contributed by atoms with Crippen molar-refractivity contribution >= 4 is 10.0 Å². The van der Waals surface area contributed by atoms with Gasteiger partial charge in [-0.3, -0.25) is 5.10 Å². The number of rotatable bonds is 7. The number of aromatic nitrogens is 3. The molecule has 0 radical (unpaired) electrons. The van der Waals surface area contributed by atoms with Crippen molar-refractivity contribution in [1.82, 2.24) is 19.9 Å². The Morgan fingerprint density at radius 1 is 1.25 bits per heavy atom. The minimum absolute atomic E-state index is 0.157. The van der Waals surface area contributed by atoms with Crippen LogP contribution in [-0.4, -0.2) is 30.1 Å². The summed E-state index contributed by atoms with van der Waals surface area (Å²) in [6.07, 6.45) is 2.66. The van der Waals surface area contributed by atoms with Crippen LogP contribution in [0.4, 0.5) is 4.39 Å². The lowest BCUT2D eigenvalue weighted by Gasteiger charge is -2.06. The third kappa shape index (κ3) is 4.71. The van der Waals surface area contributed by atoms with Gasteiger partial charge in [-0.25, -0.2) is 22.5 Å². The Kier molecular flexibility index (Phi) is 4.80. The van der Waals surface area contributed by atoms with Gasteiger partial charge in [-0.15, -0.1) is 0 Å². The lowest BCUT2D eigenvalue weighted by atomic mass is 10.2. The van der Waals surface area contributed by atoms with Crippen molar-refractivity contribution in [3.63, 3.8) is 0 Å². The zero-order valence-corrected chi connectivity index (χ0v) is 11.5. The predicted octanol–water partition coefficient (Wildman–Crippen LogP) is 0.996. The van der Waals surface area contributed by atoms with Crippen LogP contribution >= 0.6 is 0 Å². The summed E-state index contributed by atoms with van der Waals surface area (Å²) in [6, 6.07) is 5.41. The van der Waals surface area contributed by atoms with Gasteiger partial charge in [0.25, 0.3) is 0 Å². The number of nitrogens with one attached hydrogen (secondary N) is 2. The van der Waals surface area contributed by atoms with Gasteiger partial charge in [0.2, 0.25) is 10.0 Å². The van der Waals surface area contributed by atoms with E-state index in [0.717, 1.165) is 5.82 Å². The Morgan fingerprint density at radius 3 is 2.65 bits per heavy atom. The fourth-order valence-corrected chi connectivity index (χ4v) is 2.87. The summed E-state index contributed by atoms with van der Waals surface area (Å²) in [5.74, 6) is 0.184. The molecular weight excluding hydrogens is 283 g/mol. The van der Waals surface area contributed by atoms with Gasteiger partial charge in [0.15, 0.2) is 0 Å². The second kappa shape index (κ2) is 6.58. The molecule has 2 aromatic rings. The van der Waals surface area contributed by atoms with Gasteiger partial charge in [-0.05, 0) is 24.1 Å². The first-order chi connectivity index (χ1) is 9.55. The van der Waals surface area contributed by atoms with E-state index < -0.39 is 10.0 Å². The quantitative estimate of drug-likeness (QED) is 0.746. The smallest absolute Gasteiger partial charge is 0.215 e. The van der Waals surface area contributed by atoms with Crippen LogP contribution in [0.5, 0.6) is 0 Å². The third-order valence-corrected chi connectivity index (χ3v) is 4.00. The van der Waals surface area contributed by atoms with E-state index in [1.165, 1.54) is 30.6 Å². The van der Waals surface area contributed by atoms with Crippen molar-refractivity contribution < 1.29 is 12.8 Å². The Hall–Kier alpha value is -1.80. The fourth-order valence-electron chi connectivity index (χ4n) is 1.69. The van der Waals surface area contributed by atoms with E-state index in [2.05, 4.69) is 19.9 Å². The molecule has 0 aliphatic carbocycles. The van der Waals surface area contributed by atoms with Crippen molar-refractivity contribution in [3.05, 3.63) is 47.8 Å². The molecule has 0 unspecified atom stereocenters. The molecule has 1 aromatic heterocycles. The summed E-state index contributed by atoms with van der Waals surface area (Å²) >= 11 is 0. The molecule has 20 heavy (non-hydrogen) atoms. The Balaban J connectivity index is 1.77. The minimum Gasteiger partial charge on any atom is -0.263 e. The molecule has 0 atom stereocenters. The SMILES string of the molecule is O=S(=O)(Cc1ccc(F)cc1)NCCCc1ncn[nH]1. The fraction of sp³-hybridized carbons (Fsp3) is 0.333. The van der Waals surface area contributed by atoms with Crippen molar-refractivity contribution in [2.24, 2.45) is 0 Å². The van der Waals surface area contributed by atoms with Gasteiger partial charge in [-0.2, -0.15) is 5.10 Å². The number of halogens is 1. The van der Waals surface area contributed by atoms with E-state index in [9.17, 15) is 12.8 Å². The minimum atomic E-state index is -3.41. The summed E-state index contributed by atoms with van der Waals surface area (Å²) in [5.41, 5.74) is 0.550. The number of aromatic amines is 1. The molecule has 0 bridgehead atoms. The molecule has 8 heteroatoms. The highest BCUT2D eigenvalue weighted by atomic mass is 32.2. The molecule has 2 rings (SSSR count). The number of hydrogen-bond donors (Lipinski definition) is 2. The van der Waals surface area contributed by atoms with Gasteiger partial charge >= 0.3 is 0 Å². The molecule has 0 aliphatic rings. The summed E-state index contributed by atoms with van der Waals surface area (Å²) in [5, 5.41) is 6.41. The molecule has 0 aliphatic heterocycles. The molecule has 0 spiro atoms. The van der Waals surface area contributed by atoms with Crippen molar-refractivity contribution in [3.8, 4) is 0 Å². The van der Waals surface area contributed by atoms with E-state index in [4.69, 9.17) is 0 Å². The van der Waals surface area contributed by atoms with Crippen LogP contribution in [0.25, 0.3) is 0 Å². The maximum Gasteiger partial charge on any atom is 0.215 e. The molecule has 0 saturated heterocycles. The van der Waals surface area contributed by atoms with Gasteiger partial charge in [0.05, 0.1) is 5.75 Å². The molecule has 0 fully saturated rings. The zero-order valence-electron chi connectivity index (χ0n) is 10.7. The second-order valence-corrected chi connectivity index (χ2v) is 6.12. The molecule has 6 nitrogen and oxygen atoms in total. The number of sulfonamides is 1. The van der Waals surface area contributed by atoms with Crippen LogP contribution in [-0.2, 0) is 22.2 Å². The highest BCUT2D eigenvalue weighted by Gasteiger charge is 2.11. The Morgan fingerprint density at radius 2 is 2.00 bits per heavy atom. The van der Waals surface area contributed by atoms with Crippen molar-refractivity contribution in [1.29, 1.82) is 0 Å². The van der Waals surface area contributed by atoms with E-state index in [1.807, 2.05) is 0 Å². The average Bonchev–Trinajstić information content (AvgIpc) is 2.90. The molecule has 2 N–H and O–H groups in total. The highest BCUT2D eigenvalue weighted by molar-refractivity contribution is 7.88. The van der Waals surface area contributed by atoms with Crippen LogP contribution < -0.4 is 4.72 Å². The molecule has 0 saturated carbocycles. The van der Waals surface area contributed by atoms with Gasteiger partial charge in [0, 0.05) is 13.0 Å². The molecule has 1 heterocycles. The monoisotopic (exact) mass is 298 g/mol. The van der Waals surface area contributed by atoms with Crippen LogP contribution in [0, 0.1) is 5.82 Å². The van der Waals surface area contributed by atoms with Crippen molar-refractivity contribution in [2.45, 2.75) is 18.6 Å². The Labute approximate surface area is 116 Å². The van der Waals surface area contributed by atoms with Gasteiger partial charge < -0.3 is 0 Å². The lowest BCUT2D eigenvalue weighted by Crippen LogP contribution is -2.26. The van der Waals surface area contributed by atoms with Crippen molar-refractivity contribution in [2.75, 3.05) is 6.54 Å². The number of hydrogen-bond acceptors (Lipinski definition) is 4. The van der Waals surface area contributed by atoms with Gasteiger partial charge in [-0.1, -0.05) is 12.1 Å². The van der Waals surface area contributed by atoms with Crippen LogP contribution in [0.3, 0.4) is 0 Å². The number of aryl methyl sites for hydroxylation is 1. The molecular formula is C12H15FN4O2S. The van der Waals surface area contributed by atoms with E-state index in [1.54, 1.807) is 0 Å². The number of nitrogens with zero attached hydrogens (tertiary/aromatic N) is 2. The average molecular weight is 298 g/mol. The standard InChI is InChI=1S/C12H15FN4O2S/c13-11-5-3-10(4-6-11)8-20(18,19)16-7-1-2-12-14-9-15-17-12/h3-6,9,16H,1-2,7-8H2,(H,14,15,17). The second-order valence-electron chi connectivity index (χ2n) is 4.32. The summed E-state index contributed by atoms with van der Waals surface area (Å²) in [6.45, 7) is 0.324. The molecule has 1 aromatic carbocycles. The normalized spacial score (nSPS) is 11.7. The van der Waals surface area contributed by atoms with Gasteiger partial charge in [0.1, 0.15) is 18.0 Å². The third-order valence-electron chi connectivity index (χ3n) is 2.65. The topological polar surface area (TPSA) is 87.7 Å². The van der Waals surface area contributed by atoms with Crippen LogP contribution in [0.15, 0.2) is 30.6 Å². The van der Waals surface area contributed by atoms with E-state index >= 15 is 0 Å². The Bertz CT molecular complexity index is 626. The summed E-state index contributed by atoms with van der Waals surface area (Å²) in [7, 11) is -3.41. The van der Waals surface area contributed by atoms with E-state index in [0.29, 0.717) is 24.9 Å². The predicted molar refractivity (Wildman–Crippen MR) is 71.7 cm³/mol. The van der Waals surface area contributed by atoms with E-state index in [-0.39, 0.29) is 11.6 Å². The zero-order chi connectivity index (χ0) is 14.4. The van der Waals surface area contributed by atoms with Crippen LogP contribution in [0.1, 0.15) is 17.8 Å². The molecule has 108 valence electrons. The first-order valence-corrected chi connectivity index (χ1v) is 7.76. The first-order valence-electron chi connectivity index (χ1n) is 6.11. The molecule has 0 amide bonds. The van der Waals surface area contributed by atoms with Crippen LogP contribution in [0.2, 0.25) is 0 Å². The summed E-state index contributed by atoms with van der Waals surface area (Å²) < 4.78 is 38.8.